The van der Waals surface area contributed by atoms with Gasteiger partial charge in [0.15, 0.2) is 0 Å². The molecule has 0 N–H and O–H groups in total. The highest BCUT2D eigenvalue weighted by Crippen LogP contribution is 2.40. The van der Waals surface area contributed by atoms with Gasteiger partial charge in [0.1, 0.15) is 5.75 Å². The summed E-state index contributed by atoms with van der Waals surface area (Å²) in [6, 6.07) is 26.2. The molecule has 3 aromatic carbocycles. The lowest BCUT2D eigenvalue weighted by Gasteiger charge is -2.40. The molecule has 1 aliphatic rings. The number of hydrogen-bond acceptors (Lipinski definition) is 2. The molecule has 0 unspecified atom stereocenters. The summed E-state index contributed by atoms with van der Waals surface area (Å²) < 4.78 is 5.44. The fourth-order valence-corrected chi connectivity index (χ4v) is 3.86. The summed E-state index contributed by atoms with van der Waals surface area (Å²) in [4.78, 5) is 2.52. The third-order valence-electron chi connectivity index (χ3n) is 5.15. The van der Waals surface area contributed by atoms with Gasteiger partial charge in [0.25, 0.3) is 0 Å². The molecule has 0 aromatic heterocycles. The summed E-state index contributed by atoms with van der Waals surface area (Å²) in [6.07, 6.45) is 1.03. The number of methoxy groups -OCH3 is 1. The lowest BCUT2D eigenvalue weighted by Crippen LogP contribution is -2.36. The molecule has 0 aliphatic carbocycles. The molecular weight excluding hydrogens is 306 g/mol. The van der Waals surface area contributed by atoms with Crippen LogP contribution in [0.2, 0.25) is 0 Å². The van der Waals surface area contributed by atoms with Crippen molar-refractivity contribution in [3.05, 3.63) is 95.1 Å². The lowest BCUT2D eigenvalue weighted by molar-refractivity contribution is 0.413. The average Bonchev–Trinajstić information content (AvgIpc) is 2.68. The van der Waals surface area contributed by atoms with Gasteiger partial charge < -0.3 is 9.64 Å². The first-order valence-electron chi connectivity index (χ1n) is 8.82. The zero-order valence-electron chi connectivity index (χ0n) is 14.8. The molecule has 2 heteroatoms. The highest BCUT2D eigenvalue weighted by Gasteiger charge is 2.30. The molecule has 0 amide bonds. The van der Waals surface area contributed by atoms with E-state index in [1.165, 1.54) is 27.9 Å². The first-order valence-corrected chi connectivity index (χ1v) is 8.82. The Morgan fingerprint density at radius 1 is 0.880 bits per heavy atom. The fraction of sp³-hybridized carbons (Fsp3) is 0.217. The van der Waals surface area contributed by atoms with E-state index >= 15 is 0 Å². The predicted molar refractivity (Wildman–Crippen MR) is 104 cm³/mol. The van der Waals surface area contributed by atoms with Gasteiger partial charge in [-0.25, -0.2) is 0 Å². The molecule has 25 heavy (non-hydrogen) atoms. The van der Waals surface area contributed by atoms with E-state index in [0.29, 0.717) is 0 Å². The van der Waals surface area contributed by atoms with Gasteiger partial charge in [-0.15, -0.1) is 0 Å². The summed E-state index contributed by atoms with van der Waals surface area (Å²) >= 11 is 0. The first-order chi connectivity index (χ1) is 12.3. The Kier molecular flexibility index (Phi) is 4.19. The molecule has 0 saturated carbocycles. The van der Waals surface area contributed by atoms with Crippen LogP contribution in [0, 0.1) is 6.92 Å². The van der Waals surface area contributed by atoms with E-state index in [1.54, 1.807) is 7.11 Å². The zero-order chi connectivity index (χ0) is 17.2. The minimum Gasteiger partial charge on any atom is -0.497 e. The SMILES string of the molecule is COc1ccc2c(c1)CCN(c1ccccc1)[C@@H]2c1ccccc1C. The van der Waals surface area contributed by atoms with Gasteiger partial charge in [-0.05, 0) is 59.9 Å². The van der Waals surface area contributed by atoms with E-state index in [0.717, 1.165) is 18.7 Å². The van der Waals surface area contributed by atoms with Gasteiger partial charge in [0, 0.05) is 12.2 Å². The van der Waals surface area contributed by atoms with Crippen LogP contribution in [-0.4, -0.2) is 13.7 Å². The molecule has 3 aromatic rings. The highest BCUT2D eigenvalue weighted by molar-refractivity contribution is 5.57. The second-order valence-corrected chi connectivity index (χ2v) is 6.60. The maximum Gasteiger partial charge on any atom is 0.119 e. The molecule has 0 saturated heterocycles. The van der Waals surface area contributed by atoms with Crippen molar-refractivity contribution in [2.45, 2.75) is 19.4 Å². The topological polar surface area (TPSA) is 12.5 Å². The number of fused-ring (bicyclic) bond motifs is 1. The van der Waals surface area contributed by atoms with E-state index in [2.05, 4.69) is 84.6 Å². The smallest absolute Gasteiger partial charge is 0.119 e. The van der Waals surface area contributed by atoms with Gasteiger partial charge >= 0.3 is 0 Å². The van der Waals surface area contributed by atoms with Crippen molar-refractivity contribution in [1.82, 2.24) is 0 Å². The lowest BCUT2D eigenvalue weighted by atomic mass is 9.86. The van der Waals surface area contributed by atoms with Crippen LogP contribution in [0.5, 0.6) is 5.75 Å². The molecule has 1 heterocycles. The van der Waals surface area contributed by atoms with E-state index in [-0.39, 0.29) is 6.04 Å². The summed E-state index contributed by atoms with van der Waals surface area (Å²) in [7, 11) is 1.74. The van der Waals surface area contributed by atoms with Crippen LogP contribution >= 0.6 is 0 Å². The normalized spacial score (nSPS) is 16.4. The number of benzene rings is 3. The third kappa shape index (κ3) is 2.89. The molecule has 126 valence electrons. The largest absolute Gasteiger partial charge is 0.497 e. The van der Waals surface area contributed by atoms with E-state index < -0.39 is 0 Å². The minimum atomic E-state index is 0.234. The van der Waals surface area contributed by atoms with Gasteiger partial charge in [-0.3, -0.25) is 0 Å². The summed E-state index contributed by atoms with van der Waals surface area (Å²) in [5.41, 5.74) is 6.75. The van der Waals surface area contributed by atoms with E-state index in [1.807, 2.05) is 0 Å². The number of ether oxygens (including phenoxy) is 1. The Balaban J connectivity index is 1.88. The van der Waals surface area contributed by atoms with Crippen LogP contribution in [0.25, 0.3) is 0 Å². The van der Waals surface area contributed by atoms with Gasteiger partial charge in [-0.2, -0.15) is 0 Å². The molecule has 0 fully saturated rings. The van der Waals surface area contributed by atoms with Crippen LogP contribution in [0.3, 0.4) is 0 Å². The van der Waals surface area contributed by atoms with Crippen molar-refractivity contribution >= 4 is 5.69 Å². The molecule has 1 atom stereocenters. The molecule has 0 spiro atoms. The van der Waals surface area contributed by atoms with Crippen molar-refractivity contribution in [3.8, 4) is 5.75 Å². The molecule has 1 aliphatic heterocycles. The highest BCUT2D eigenvalue weighted by atomic mass is 16.5. The summed E-state index contributed by atoms with van der Waals surface area (Å²) in [6.45, 7) is 3.21. The standard InChI is InChI=1S/C23H23NO/c1-17-8-6-7-11-21(17)23-22-13-12-20(25-2)16-18(22)14-15-24(23)19-9-4-3-5-10-19/h3-13,16,23H,14-15H2,1-2H3/t23-/m1/s1. The monoisotopic (exact) mass is 329 g/mol. The van der Waals surface area contributed by atoms with Crippen molar-refractivity contribution in [2.75, 3.05) is 18.6 Å². The quantitative estimate of drug-likeness (QED) is 0.658. The minimum absolute atomic E-state index is 0.234. The van der Waals surface area contributed by atoms with Crippen LogP contribution in [0.1, 0.15) is 28.3 Å². The summed E-state index contributed by atoms with van der Waals surface area (Å²) in [5.74, 6) is 0.940. The van der Waals surface area contributed by atoms with E-state index in [9.17, 15) is 0 Å². The maximum absolute atomic E-state index is 5.44. The van der Waals surface area contributed by atoms with Gasteiger partial charge in [0.05, 0.1) is 13.2 Å². The van der Waals surface area contributed by atoms with Crippen molar-refractivity contribution in [1.29, 1.82) is 0 Å². The number of rotatable bonds is 3. The Morgan fingerprint density at radius 2 is 1.64 bits per heavy atom. The van der Waals surface area contributed by atoms with Crippen LogP contribution in [0.4, 0.5) is 5.69 Å². The second-order valence-electron chi connectivity index (χ2n) is 6.60. The third-order valence-corrected chi connectivity index (χ3v) is 5.15. The molecule has 0 radical (unpaired) electrons. The molecule has 0 bridgehead atoms. The molecular formula is C23H23NO. The van der Waals surface area contributed by atoms with Crippen molar-refractivity contribution < 1.29 is 4.74 Å². The van der Waals surface area contributed by atoms with Crippen LogP contribution < -0.4 is 9.64 Å². The van der Waals surface area contributed by atoms with Gasteiger partial charge in [-0.1, -0.05) is 48.5 Å². The zero-order valence-corrected chi connectivity index (χ0v) is 14.8. The average molecular weight is 329 g/mol. The van der Waals surface area contributed by atoms with Gasteiger partial charge in [0.2, 0.25) is 0 Å². The van der Waals surface area contributed by atoms with Crippen LogP contribution in [0.15, 0.2) is 72.8 Å². The first kappa shape index (κ1) is 15.8. The fourth-order valence-electron chi connectivity index (χ4n) is 3.86. The number of anilines is 1. The number of nitrogens with zero attached hydrogens (tertiary/aromatic N) is 1. The second kappa shape index (κ2) is 6.64. The Labute approximate surface area is 149 Å². The van der Waals surface area contributed by atoms with Crippen LogP contribution in [-0.2, 0) is 6.42 Å². The molecule has 2 nitrogen and oxygen atoms in total. The predicted octanol–water partition coefficient (Wildman–Crippen LogP) is 5.16. The van der Waals surface area contributed by atoms with E-state index in [4.69, 9.17) is 4.74 Å². The summed E-state index contributed by atoms with van der Waals surface area (Å²) in [5, 5.41) is 0. The number of para-hydroxylation sites is 1. The number of aryl methyl sites for hydroxylation is 1. The van der Waals surface area contributed by atoms with Crippen molar-refractivity contribution in [3.63, 3.8) is 0 Å². The Hall–Kier alpha value is -2.74. The Morgan fingerprint density at radius 3 is 2.40 bits per heavy atom. The maximum atomic E-state index is 5.44. The van der Waals surface area contributed by atoms with Crippen molar-refractivity contribution in [2.24, 2.45) is 0 Å². The Bertz CT molecular complexity index is 872. The number of hydrogen-bond donors (Lipinski definition) is 0. The molecule has 4 rings (SSSR count).